The Morgan fingerprint density at radius 2 is 1.90 bits per heavy atom. The molecule has 0 bridgehead atoms. The molecule has 1 fully saturated rings. The number of hydrogen-bond donors (Lipinski definition) is 1. The lowest BCUT2D eigenvalue weighted by atomic mass is 10.1. The second-order valence-corrected chi connectivity index (χ2v) is 6.93. The van der Waals surface area contributed by atoms with Crippen molar-refractivity contribution in [1.29, 1.82) is 0 Å². The molecule has 21 heavy (non-hydrogen) atoms. The molecular formula is C16H24BrN3O. The summed E-state index contributed by atoms with van der Waals surface area (Å²) in [5, 5.41) is 0. The number of nitrogens with two attached hydrogens (primary N) is 1. The summed E-state index contributed by atoms with van der Waals surface area (Å²) in [7, 11) is 4.07. The normalized spacial score (nSPS) is 15.6. The number of halogens is 1. The van der Waals surface area contributed by atoms with Crippen LogP contribution in [0.4, 0.5) is 5.69 Å². The van der Waals surface area contributed by atoms with Gasteiger partial charge in [-0.3, -0.25) is 4.79 Å². The highest BCUT2D eigenvalue weighted by Crippen LogP contribution is 2.26. The molecule has 0 saturated heterocycles. The number of rotatable bonds is 5. The lowest BCUT2D eigenvalue weighted by Gasteiger charge is -2.30. The molecule has 0 aliphatic heterocycles. The Kier molecular flexibility index (Phi) is 5.65. The molecule has 0 atom stereocenters. The van der Waals surface area contributed by atoms with E-state index in [1.54, 1.807) is 6.07 Å². The van der Waals surface area contributed by atoms with E-state index in [0.717, 1.165) is 30.4 Å². The highest BCUT2D eigenvalue weighted by atomic mass is 79.9. The van der Waals surface area contributed by atoms with Crippen LogP contribution in [0, 0.1) is 0 Å². The van der Waals surface area contributed by atoms with Crippen LogP contribution >= 0.6 is 15.9 Å². The minimum absolute atomic E-state index is 0.0942. The quantitative estimate of drug-likeness (QED) is 0.827. The molecule has 1 aliphatic carbocycles. The molecule has 0 aromatic heterocycles. The van der Waals surface area contributed by atoms with Gasteiger partial charge < -0.3 is 15.5 Å². The fourth-order valence-corrected chi connectivity index (χ4v) is 3.39. The average molecular weight is 354 g/mol. The van der Waals surface area contributed by atoms with Gasteiger partial charge in [-0.15, -0.1) is 0 Å². The lowest BCUT2D eigenvalue weighted by Crippen LogP contribution is -2.42. The van der Waals surface area contributed by atoms with Crippen molar-refractivity contribution in [3.8, 4) is 0 Å². The summed E-state index contributed by atoms with van der Waals surface area (Å²) in [5.74, 6) is 0.0942. The first-order valence-corrected chi connectivity index (χ1v) is 8.28. The second kappa shape index (κ2) is 7.27. The van der Waals surface area contributed by atoms with Gasteiger partial charge in [0.1, 0.15) is 0 Å². The molecule has 1 aromatic carbocycles. The molecule has 0 radical (unpaired) electrons. The van der Waals surface area contributed by atoms with Crippen molar-refractivity contribution in [3.63, 3.8) is 0 Å². The van der Waals surface area contributed by atoms with Crippen LogP contribution in [0.2, 0.25) is 0 Å². The molecule has 0 heterocycles. The molecule has 1 saturated carbocycles. The van der Waals surface area contributed by atoms with Gasteiger partial charge in [0, 0.05) is 34.9 Å². The van der Waals surface area contributed by atoms with Gasteiger partial charge in [0.2, 0.25) is 0 Å². The zero-order chi connectivity index (χ0) is 15.4. The van der Waals surface area contributed by atoms with Crippen molar-refractivity contribution in [1.82, 2.24) is 9.80 Å². The topological polar surface area (TPSA) is 49.6 Å². The number of carbonyl (C=O) groups is 1. The minimum atomic E-state index is 0.0942. The van der Waals surface area contributed by atoms with E-state index in [1.807, 2.05) is 31.1 Å². The van der Waals surface area contributed by atoms with Crippen molar-refractivity contribution in [3.05, 3.63) is 28.2 Å². The first-order valence-electron chi connectivity index (χ1n) is 7.49. The van der Waals surface area contributed by atoms with E-state index in [4.69, 9.17) is 5.73 Å². The second-order valence-electron chi connectivity index (χ2n) is 6.01. The SMILES string of the molecule is CN(C)CCN(C(=O)c1cc(N)cc(Br)c1)C1CCCC1. The standard InChI is InChI=1S/C16H24BrN3O/c1-19(2)7-8-20(15-5-3-4-6-15)16(21)12-9-13(17)11-14(18)10-12/h9-11,15H,3-8,18H2,1-2H3. The highest BCUT2D eigenvalue weighted by molar-refractivity contribution is 9.10. The molecule has 5 heteroatoms. The summed E-state index contributed by atoms with van der Waals surface area (Å²) in [4.78, 5) is 17.0. The Bertz CT molecular complexity index is 478. The first-order chi connectivity index (χ1) is 9.97. The first kappa shape index (κ1) is 16.3. The van der Waals surface area contributed by atoms with Crippen molar-refractivity contribution in [2.75, 3.05) is 32.9 Å². The number of anilines is 1. The van der Waals surface area contributed by atoms with E-state index in [0.29, 0.717) is 17.3 Å². The van der Waals surface area contributed by atoms with Crippen molar-refractivity contribution < 1.29 is 4.79 Å². The molecule has 4 nitrogen and oxygen atoms in total. The van der Waals surface area contributed by atoms with Gasteiger partial charge in [0.15, 0.2) is 0 Å². The van der Waals surface area contributed by atoms with E-state index in [9.17, 15) is 4.79 Å². The summed E-state index contributed by atoms with van der Waals surface area (Å²) in [6, 6.07) is 5.81. The molecule has 1 amide bonds. The molecule has 0 unspecified atom stereocenters. The number of benzene rings is 1. The summed E-state index contributed by atoms with van der Waals surface area (Å²) in [5.41, 5.74) is 7.16. The van der Waals surface area contributed by atoms with Crippen LogP contribution < -0.4 is 5.73 Å². The van der Waals surface area contributed by atoms with Crippen LogP contribution in [0.5, 0.6) is 0 Å². The number of nitrogen functional groups attached to an aromatic ring is 1. The van der Waals surface area contributed by atoms with Gasteiger partial charge in [-0.25, -0.2) is 0 Å². The Balaban J connectivity index is 2.19. The predicted octanol–water partition coefficient (Wildman–Crippen LogP) is 2.98. The number of likely N-dealkylation sites (N-methyl/N-ethyl adjacent to an activating group) is 1. The third kappa shape index (κ3) is 4.45. The average Bonchev–Trinajstić information content (AvgIpc) is 2.91. The number of hydrogen-bond acceptors (Lipinski definition) is 3. The van der Waals surface area contributed by atoms with Gasteiger partial charge in [0.05, 0.1) is 0 Å². The number of carbonyl (C=O) groups excluding carboxylic acids is 1. The van der Waals surface area contributed by atoms with Gasteiger partial charge in [-0.05, 0) is 45.1 Å². The maximum Gasteiger partial charge on any atom is 0.254 e. The Morgan fingerprint density at radius 1 is 1.24 bits per heavy atom. The van der Waals surface area contributed by atoms with Crippen LogP contribution in [0.15, 0.2) is 22.7 Å². The third-order valence-electron chi connectivity index (χ3n) is 3.98. The predicted molar refractivity (Wildman–Crippen MR) is 90.4 cm³/mol. The molecule has 2 N–H and O–H groups in total. The maximum atomic E-state index is 12.9. The molecular weight excluding hydrogens is 330 g/mol. The van der Waals surface area contributed by atoms with Crippen molar-refractivity contribution >= 4 is 27.5 Å². The molecule has 116 valence electrons. The zero-order valence-corrected chi connectivity index (χ0v) is 14.4. The lowest BCUT2D eigenvalue weighted by molar-refractivity contribution is 0.0667. The summed E-state index contributed by atoms with van der Waals surface area (Å²) in [6.07, 6.45) is 4.67. The minimum Gasteiger partial charge on any atom is -0.399 e. The molecule has 0 spiro atoms. The van der Waals surface area contributed by atoms with E-state index >= 15 is 0 Å². The monoisotopic (exact) mass is 353 g/mol. The van der Waals surface area contributed by atoms with E-state index in [-0.39, 0.29) is 5.91 Å². The Labute approximate surface area is 135 Å². The molecule has 1 aliphatic rings. The third-order valence-corrected chi connectivity index (χ3v) is 4.44. The fourth-order valence-electron chi connectivity index (χ4n) is 2.88. The van der Waals surface area contributed by atoms with Crippen LogP contribution in [0.1, 0.15) is 36.0 Å². The molecule has 1 aromatic rings. The van der Waals surface area contributed by atoms with Crippen LogP contribution in [0.3, 0.4) is 0 Å². The molecule has 2 rings (SSSR count). The van der Waals surface area contributed by atoms with Crippen molar-refractivity contribution in [2.24, 2.45) is 0 Å². The largest absolute Gasteiger partial charge is 0.399 e. The van der Waals surface area contributed by atoms with Gasteiger partial charge in [0.25, 0.3) is 5.91 Å². The fraction of sp³-hybridized carbons (Fsp3) is 0.562. The van der Waals surface area contributed by atoms with Crippen molar-refractivity contribution in [2.45, 2.75) is 31.7 Å². The Hall–Kier alpha value is -1.07. The smallest absolute Gasteiger partial charge is 0.254 e. The summed E-state index contributed by atoms with van der Waals surface area (Å²) in [6.45, 7) is 1.65. The number of amides is 1. The van der Waals surface area contributed by atoms with Gasteiger partial charge in [-0.1, -0.05) is 28.8 Å². The van der Waals surface area contributed by atoms with E-state index in [2.05, 4.69) is 20.8 Å². The van der Waals surface area contributed by atoms with Crippen LogP contribution in [-0.4, -0.2) is 48.9 Å². The van der Waals surface area contributed by atoms with Crippen LogP contribution in [-0.2, 0) is 0 Å². The van der Waals surface area contributed by atoms with E-state index in [1.165, 1.54) is 12.8 Å². The van der Waals surface area contributed by atoms with E-state index < -0.39 is 0 Å². The number of nitrogens with zero attached hydrogens (tertiary/aromatic N) is 2. The summed E-state index contributed by atoms with van der Waals surface area (Å²) >= 11 is 3.42. The Morgan fingerprint density at radius 3 is 2.48 bits per heavy atom. The van der Waals surface area contributed by atoms with Crippen LogP contribution in [0.25, 0.3) is 0 Å². The zero-order valence-electron chi connectivity index (χ0n) is 12.8. The maximum absolute atomic E-state index is 12.9. The highest BCUT2D eigenvalue weighted by Gasteiger charge is 2.27. The summed E-state index contributed by atoms with van der Waals surface area (Å²) < 4.78 is 0.852. The van der Waals surface area contributed by atoms with Gasteiger partial charge >= 0.3 is 0 Å². The van der Waals surface area contributed by atoms with Gasteiger partial charge in [-0.2, -0.15) is 0 Å².